The lowest BCUT2D eigenvalue weighted by Gasteiger charge is -2.29. The molecule has 114 valence electrons. The summed E-state index contributed by atoms with van der Waals surface area (Å²) >= 11 is 0. The summed E-state index contributed by atoms with van der Waals surface area (Å²) in [4.78, 5) is 0. The molecule has 0 atom stereocenters. The van der Waals surface area contributed by atoms with E-state index in [1.165, 1.54) is 0 Å². The van der Waals surface area contributed by atoms with Crippen LogP contribution in [0.2, 0.25) is 39.4 Å². The van der Waals surface area contributed by atoms with Crippen LogP contribution in [0.25, 0.3) is 0 Å². The summed E-state index contributed by atoms with van der Waals surface area (Å²) in [7, 11) is -0.632. The van der Waals surface area contributed by atoms with Crippen LogP contribution in [0.1, 0.15) is 20.8 Å². The van der Waals surface area contributed by atoms with Crippen molar-refractivity contribution in [1.82, 2.24) is 0 Å². The van der Waals surface area contributed by atoms with Crippen LogP contribution >= 0.6 is 0 Å². The maximum atomic E-state index is 5.47. The van der Waals surface area contributed by atoms with Gasteiger partial charge in [-0.3, -0.25) is 0 Å². The fourth-order valence-electron chi connectivity index (χ4n) is 2.09. The van der Waals surface area contributed by atoms with Gasteiger partial charge in [-0.05, 0) is 39.4 Å². The fraction of sp³-hybridized carbons (Fsp3) is 1.00. The average Bonchev–Trinajstić information content (AvgIpc) is 2.45. The maximum Gasteiger partial charge on any atom is 0.429 e. The van der Waals surface area contributed by atoms with Crippen molar-refractivity contribution < 1.29 is 27.4 Å². The van der Waals surface area contributed by atoms with Crippen molar-refractivity contribution in [1.29, 1.82) is 0 Å². The molecule has 0 N–H and O–H groups in total. The van der Waals surface area contributed by atoms with Crippen LogP contribution < -0.4 is 0 Å². The molecule has 21 heavy (non-hydrogen) atoms. The average molecular weight is 293 g/mol. The normalized spacial score (nSPS) is 19.7. The monoisotopic (exact) mass is 294 g/mol. The van der Waals surface area contributed by atoms with Crippen LogP contribution in [-0.4, -0.2) is 42.7 Å². The predicted molar refractivity (Wildman–Crippen MR) is 90.1 cm³/mol. The van der Waals surface area contributed by atoms with E-state index in [9.17, 15) is 0 Å². The van der Waals surface area contributed by atoms with Crippen LogP contribution in [0.5, 0.6) is 0 Å². The number of rotatable bonds is 3. The molecule has 0 radical (unpaired) electrons. The zero-order chi connectivity index (χ0) is 15.8. The van der Waals surface area contributed by atoms with Gasteiger partial charge >= 0.3 is 42.7 Å². The first kappa shape index (κ1) is 19.2. The smallest absolute Gasteiger partial charge is 0.429 e. The Hall–Kier alpha value is 0.150. The Morgan fingerprint density at radius 1 is 0.476 bits per heavy atom. The molecular formula is C9H24B6O6. The van der Waals surface area contributed by atoms with Crippen molar-refractivity contribution in [3.05, 3.63) is 0 Å². The van der Waals surface area contributed by atoms with E-state index in [0.29, 0.717) is 0 Å². The van der Waals surface area contributed by atoms with Crippen molar-refractivity contribution in [3.63, 3.8) is 0 Å². The molecule has 0 aromatic heterocycles. The molecule has 2 aliphatic heterocycles. The van der Waals surface area contributed by atoms with Crippen molar-refractivity contribution in [2.75, 3.05) is 0 Å². The second kappa shape index (κ2) is 10.0. The third-order valence-corrected chi connectivity index (χ3v) is 3.06. The summed E-state index contributed by atoms with van der Waals surface area (Å²) in [6, 6.07) is 0. The number of hydrogen-bond acceptors (Lipinski definition) is 6. The molecule has 0 unspecified atom stereocenters. The first-order valence-electron chi connectivity index (χ1n) is 7.91. The molecule has 0 saturated carbocycles. The molecule has 0 spiro atoms. The second-order valence-corrected chi connectivity index (χ2v) is 5.03. The van der Waals surface area contributed by atoms with Crippen LogP contribution in [0.4, 0.5) is 0 Å². The van der Waals surface area contributed by atoms with Gasteiger partial charge in [0.2, 0.25) is 0 Å². The third kappa shape index (κ3) is 7.30. The van der Waals surface area contributed by atoms with Crippen LogP contribution in [0.3, 0.4) is 0 Å². The summed E-state index contributed by atoms with van der Waals surface area (Å²) < 4.78 is 31.8. The van der Waals surface area contributed by atoms with Gasteiger partial charge in [0.1, 0.15) is 0 Å². The summed E-state index contributed by atoms with van der Waals surface area (Å²) in [5, 5.41) is 0. The van der Waals surface area contributed by atoms with Crippen LogP contribution in [0.15, 0.2) is 0 Å². The summed E-state index contributed by atoms with van der Waals surface area (Å²) in [6.45, 7) is 11.7. The lowest BCUT2D eigenvalue weighted by Crippen LogP contribution is -2.47. The van der Waals surface area contributed by atoms with E-state index >= 15 is 0 Å². The van der Waals surface area contributed by atoms with Crippen molar-refractivity contribution in [2.45, 2.75) is 60.2 Å². The minimum atomic E-state index is -0.135. The highest BCUT2D eigenvalue weighted by molar-refractivity contribution is 6.73. The molecular weight excluding hydrogens is 269 g/mol. The highest BCUT2D eigenvalue weighted by Crippen LogP contribution is 2.15. The Morgan fingerprint density at radius 3 is 0.905 bits per heavy atom. The summed E-state index contributed by atoms with van der Waals surface area (Å²) in [6.07, 6.45) is 2.66. The highest BCUT2D eigenvalue weighted by Gasteiger charge is 2.37. The lowest BCUT2D eigenvalue weighted by atomic mass is 9.66. The molecule has 0 aromatic rings. The molecule has 2 fully saturated rings. The van der Waals surface area contributed by atoms with Crippen molar-refractivity contribution in [2.24, 2.45) is 0 Å². The summed E-state index contributed by atoms with van der Waals surface area (Å²) in [5.41, 5.74) is 0. The third-order valence-electron chi connectivity index (χ3n) is 3.06. The molecule has 6 nitrogen and oxygen atoms in total. The molecule has 0 bridgehead atoms. The zero-order valence-electron chi connectivity index (χ0n) is 14.0. The van der Waals surface area contributed by atoms with E-state index < -0.39 is 0 Å². The van der Waals surface area contributed by atoms with E-state index in [1.807, 2.05) is 20.5 Å². The first-order valence-corrected chi connectivity index (χ1v) is 7.91. The minimum Gasteiger partial charge on any atom is -0.453 e. The molecule has 0 aromatic carbocycles. The Kier molecular flexibility index (Phi) is 9.16. The summed E-state index contributed by atoms with van der Waals surface area (Å²) in [5.74, 6) is 0. The van der Waals surface area contributed by atoms with E-state index in [1.54, 1.807) is 0 Å². The van der Waals surface area contributed by atoms with E-state index in [0.717, 1.165) is 19.0 Å². The van der Waals surface area contributed by atoms with Gasteiger partial charge in [0.15, 0.2) is 0 Å². The molecule has 2 rings (SSSR count). The number of hydrogen-bond donors (Lipinski definition) is 0. The maximum absolute atomic E-state index is 5.47. The van der Waals surface area contributed by atoms with E-state index in [-0.39, 0.29) is 42.7 Å². The largest absolute Gasteiger partial charge is 0.453 e. The SMILES string of the molecule is CB1OB(C)OB(C)O1.CCB1OB(CC)OB(CC)O1. The quantitative estimate of drug-likeness (QED) is 0.742. The Balaban J connectivity index is 0.000000219. The van der Waals surface area contributed by atoms with Gasteiger partial charge in [-0.2, -0.15) is 0 Å². The van der Waals surface area contributed by atoms with Gasteiger partial charge in [0.05, 0.1) is 0 Å². The highest BCUT2D eigenvalue weighted by atomic mass is 16.7. The topological polar surface area (TPSA) is 55.4 Å². The fourth-order valence-corrected chi connectivity index (χ4v) is 2.09. The van der Waals surface area contributed by atoms with Gasteiger partial charge < -0.3 is 27.4 Å². The Morgan fingerprint density at radius 2 is 0.714 bits per heavy atom. The lowest BCUT2D eigenvalue weighted by molar-refractivity contribution is 0.281. The van der Waals surface area contributed by atoms with Gasteiger partial charge in [0.25, 0.3) is 0 Å². The molecule has 0 aliphatic carbocycles. The van der Waals surface area contributed by atoms with E-state index in [4.69, 9.17) is 27.4 Å². The van der Waals surface area contributed by atoms with Crippen LogP contribution in [-0.2, 0) is 27.4 Å². The first-order chi connectivity index (χ1) is 9.98. The molecule has 2 aliphatic rings. The molecule has 0 amide bonds. The van der Waals surface area contributed by atoms with Crippen LogP contribution in [0, 0.1) is 0 Å². The van der Waals surface area contributed by atoms with Gasteiger partial charge in [-0.1, -0.05) is 20.8 Å². The molecule has 2 saturated heterocycles. The van der Waals surface area contributed by atoms with Gasteiger partial charge in [-0.15, -0.1) is 0 Å². The Labute approximate surface area is 131 Å². The van der Waals surface area contributed by atoms with E-state index in [2.05, 4.69) is 20.8 Å². The second-order valence-electron chi connectivity index (χ2n) is 5.03. The van der Waals surface area contributed by atoms with Gasteiger partial charge in [-0.25, -0.2) is 0 Å². The van der Waals surface area contributed by atoms with Crippen molar-refractivity contribution in [3.8, 4) is 0 Å². The molecule has 2 heterocycles. The van der Waals surface area contributed by atoms with Gasteiger partial charge in [0, 0.05) is 0 Å². The standard InChI is InChI=1S/C6H15B3O3.C3H9B3O3/c1-4-7-10-8(5-2)12-9(6-3)11-7;1-4-7-5(2)9-6(3)8-4/h4-6H2,1-3H3;1-3H3. The van der Waals surface area contributed by atoms with Crippen molar-refractivity contribution >= 4 is 42.7 Å². The Bertz CT molecular complexity index is 235. The zero-order valence-corrected chi connectivity index (χ0v) is 14.0. The molecule has 12 heteroatoms. The minimum absolute atomic E-state index is 0.0753. The predicted octanol–water partition coefficient (Wildman–Crippen LogP) is 1.98.